The Morgan fingerprint density at radius 3 is 2.06 bits per heavy atom. The van der Waals surface area contributed by atoms with Crippen LogP contribution in [0.1, 0.15) is 72.9 Å². The van der Waals surface area contributed by atoms with E-state index in [1.165, 1.54) is 41.4 Å². The van der Waals surface area contributed by atoms with Crippen LogP contribution in [0.4, 0.5) is 8.78 Å². The molecule has 3 saturated heterocycles. The molecule has 2 unspecified atom stereocenters. The summed E-state index contributed by atoms with van der Waals surface area (Å²) >= 11 is 2.69. The number of pyridine rings is 1. The Kier molecular flexibility index (Phi) is 32.3. The number of carboxylic acids is 1. The lowest BCUT2D eigenvalue weighted by Crippen LogP contribution is -2.53. The van der Waals surface area contributed by atoms with Crippen LogP contribution in [-0.2, 0) is 54.3 Å². The number of carbonyl (C=O) groups is 9. The lowest BCUT2D eigenvalue weighted by Gasteiger charge is -2.33. The molecular weight excluding hydrogens is 1250 g/mol. The second-order valence-electron chi connectivity index (χ2n) is 23.3. The van der Waals surface area contributed by atoms with Crippen LogP contribution in [0.3, 0.4) is 0 Å². The standard InChI is InChI=1S/C64H89F2N11O14S2/c1-3-50-36-64(65,66)42-77(50)59(83)37-70-61(86)52-16-19-67-54-15-14-51(35-53(52)54)91-32-5-4-7-49-17-22-76(23-18-49)63(88)56(80)41-93-34-21-69-62(87)55(40-92-33-20-68-57(81)9-6-8-48-12-10-47(2)11-13-48)71-58(82)38-72-24-25-73(39-60(84)85)27-29-75(44-90-46-79)31-30-74(28-26-72)43-89-45-78/h1,10-16,19,35,45-46,49-50,55-56,80H,4-9,17-18,20-34,36-44H2,2H3,(H,68,81)(H,69,87)(H,70,86)(H,71,82)(H,84,85)/t50-,55?,56?/m0/s1. The van der Waals surface area contributed by atoms with Gasteiger partial charge >= 0.3 is 5.97 Å². The van der Waals surface area contributed by atoms with Gasteiger partial charge in [0.05, 0.1) is 49.9 Å². The number of unbranched alkanes of at least 4 members (excludes halogenated alkanes) is 1. The quantitative estimate of drug-likeness (QED) is 0.0276. The molecule has 3 aliphatic rings. The van der Waals surface area contributed by atoms with E-state index in [-0.39, 0.29) is 75.1 Å². The SMILES string of the molecule is C#C[C@H]1CC(F)(F)CN1C(=O)CNC(=O)c1ccnc2ccc(OCCCCC3CCN(C(=O)C(O)CSCCNC(=O)C(CSCCNC(=O)CCCc4ccc(C)cc4)NC(=O)CN4CCN(COC=O)CCN(COC=O)CCN(CC(=O)O)CC4)CC3)cc12. The highest BCUT2D eigenvalue weighted by Crippen LogP contribution is 2.32. The van der Waals surface area contributed by atoms with Crippen LogP contribution < -0.4 is 26.0 Å². The van der Waals surface area contributed by atoms with Gasteiger partial charge in [-0.2, -0.15) is 23.5 Å². The number of carboxylic acid groups (broad SMARTS) is 1. The van der Waals surface area contributed by atoms with Crippen molar-refractivity contribution in [1.29, 1.82) is 0 Å². The zero-order chi connectivity index (χ0) is 67.0. The van der Waals surface area contributed by atoms with E-state index in [1.54, 1.807) is 28.0 Å². The van der Waals surface area contributed by atoms with Gasteiger partial charge in [0.15, 0.2) is 0 Å². The normalized spacial score (nSPS) is 17.8. The van der Waals surface area contributed by atoms with Gasteiger partial charge in [0.25, 0.3) is 30.7 Å². The zero-order valence-electron chi connectivity index (χ0n) is 52.9. The molecule has 2 aromatic carbocycles. The molecule has 1 aromatic heterocycles. The number of likely N-dealkylation sites (tertiary alicyclic amines) is 2. The molecule has 0 bridgehead atoms. The number of aliphatic hydroxyl groups is 1. The van der Waals surface area contributed by atoms with Crippen LogP contribution in [0.25, 0.3) is 10.9 Å². The van der Waals surface area contributed by atoms with Crippen LogP contribution in [0.15, 0.2) is 54.7 Å². The monoisotopic (exact) mass is 1340 g/mol. The molecule has 3 aromatic rings. The summed E-state index contributed by atoms with van der Waals surface area (Å²) in [5.74, 6) is -2.53. The van der Waals surface area contributed by atoms with E-state index in [4.69, 9.17) is 20.6 Å². The predicted octanol–water partition coefficient (Wildman–Crippen LogP) is 2.06. The third-order valence-electron chi connectivity index (χ3n) is 16.2. The summed E-state index contributed by atoms with van der Waals surface area (Å²) in [7, 11) is 0. The van der Waals surface area contributed by atoms with E-state index >= 15 is 0 Å². The van der Waals surface area contributed by atoms with Crippen LogP contribution in [0.2, 0.25) is 0 Å². The van der Waals surface area contributed by atoms with Gasteiger partial charge in [-0.3, -0.25) is 67.7 Å². The Bertz CT molecular complexity index is 2960. The van der Waals surface area contributed by atoms with E-state index in [2.05, 4.69) is 44.3 Å². The molecule has 93 heavy (non-hydrogen) atoms. The number of fused-ring (bicyclic) bond motifs is 1. The van der Waals surface area contributed by atoms with Crippen LogP contribution >= 0.6 is 23.5 Å². The van der Waals surface area contributed by atoms with Crippen LogP contribution in [-0.4, -0.2) is 271 Å². The number of ether oxygens (including phenoxy) is 3. The molecule has 25 nitrogen and oxygen atoms in total. The van der Waals surface area contributed by atoms with Crippen molar-refractivity contribution in [3.63, 3.8) is 0 Å². The Morgan fingerprint density at radius 1 is 0.785 bits per heavy atom. The minimum absolute atomic E-state index is 0.0142. The number of carbonyl (C=O) groups excluding carboxylic acids is 8. The number of terminal acetylenes is 1. The van der Waals surface area contributed by atoms with Gasteiger partial charge < -0.3 is 55.5 Å². The van der Waals surface area contributed by atoms with Gasteiger partial charge in [-0.05, 0) is 81.2 Å². The first-order valence-corrected chi connectivity index (χ1v) is 33.8. The van der Waals surface area contributed by atoms with E-state index in [0.29, 0.717) is 125 Å². The molecule has 3 fully saturated rings. The van der Waals surface area contributed by atoms with E-state index in [0.717, 1.165) is 49.0 Å². The second-order valence-corrected chi connectivity index (χ2v) is 25.6. The van der Waals surface area contributed by atoms with Gasteiger partial charge in [0, 0.05) is 126 Å². The first kappa shape index (κ1) is 74.8. The Hall–Kier alpha value is -7.20. The predicted molar refractivity (Wildman–Crippen MR) is 347 cm³/mol. The van der Waals surface area contributed by atoms with E-state index in [9.17, 15) is 62.1 Å². The molecule has 6 N–H and O–H groups in total. The number of nitrogens with zero attached hydrogens (tertiary/aromatic N) is 7. The number of amides is 6. The van der Waals surface area contributed by atoms with Crippen molar-refractivity contribution < 1.29 is 76.4 Å². The number of aryl methyl sites for hydroxylation is 2. The molecule has 510 valence electrons. The lowest BCUT2D eigenvalue weighted by molar-refractivity contribution is -0.140. The number of aliphatic hydroxyl groups excluding tert-OH is 1. The zero-order valence-corrected chi connectivity index (χ0v) is 54.5. The molecule has 6 amide bonds. The number of aromatic nitrogens is 1. The minimum atomic E-state index is -3.10. The summed E-state index contributed by atoms with van der Waals surface area (Å²) in [4.78, 5) is 128. The van der Waals surface area contributed by atoms with Crippen molar-refractivity contribution in [2.75, 3.05) is 148 Å². The first-order valence-electron chi connectivity index (χ1n) is 31.5. The van der Waals surface area contributed by atoms with Crippen molar-refractivity contribution in [3.05, 3.63) is 71.4 Å². The first-order chi connectivity index (χ1) is 44.8. The molecule has 0 radical (unpaired) electrons. The summed E-state index contributed by atoms with van der Waals surface area (Å²) in [6, 6.07) is 12.8. The minimum Gasteiger partial charge on any atom is -0.494 e. The van der Waals surface area contributed by atoms with Crippen molar-refractivity contribution in [2.45, 2.75) is 88.8 Å². The largest absolute Gasteiger partial charge is 0.494 e. The maximum Gasteiger partial charge on any atom is 0.317 e. The summed E-state index contributed by atoms with van der Waals surface area (Å²) in [5, 5.41) is 32.4. The average molecular weight is 1340 g/mol. The number of benzene rings is 2. The van der Waals surface area contributed by atoms with Crippen LogP contribution in [0.5, 0.6) is 5.75 Å². The Labute approximate surface area is 550 Å². The average Bonchev–Trinajstić information content (AvgIpc) is 1.80. The lowest BCUT2D eigenvalue weighted by atomic mass is 9.91. The fraction of sp³-hybridized carbons (Fsp3) is 0.594. The summed E-state index contributed by atoms with van der Waals surface area (Å²) in [6.07, 6.45) is 10.9. The molecule has 0 saturated carbocycles. The molecular formula is C64H89F2N11O14S2. The number of alkyl halides is 2. The maximum atomic E-state index is 14.0. The summed E-state index contributed by atoms with van der Waals surface area (Å²) in [6.45, 7) is 5.55. The number of rotatable bonds is 36. The maximum absolute atomic E-state index is 14.0. The van der Waals surface area contributed by atoms with Crippen molar-refractivity contribution in [2.24, 2.45) is 5.92 Å². The molecule has 0 spiro atoms. The fourth-order valence-corrected chi connectivity index (χ4v) is 12.7. The highest BCUT2D eigenvalue weighted by Gasteiger charge is 2.46. The van der Waals surface area contributed by atoms with Gasteiger partial charge in [-0.15, -0.1) is 6.42 Å². The van der Waals surface area contributed by atoms with Crippen molar-refractivity contribution >= 4 is 88.8 Å². The number of hydrogen-bond donors (Lipinski definition) is 6. The molecule has 3 atom stereocenters. The Morgan fingerprint density at radius 2 is 1.42 bits per heavy atom. The highest BCUT2D eigenvalue weighted by molar-refractivity contribution is 7.99. The highest BCUT2D eigenvalue weighted by atomic mass is 32.2. The number of hydrogen-bond acceptors (Lipinski definition) is 20. The smallest absolute Gasteiger partial charge is 0.317 e. The number of halogens is 2. The molecule has 0 aliphatic carbocycles. The van der Waals surface area contributed by atoms with Crippen molar-refractivity contribution in [3.8, 4) is 18.1 Å². The number of aliphatic carboxylic acids is 1. The topological polar surface area (TPSA) is 302 Å². The van der Waals surface area contributed by atoms with E-state index < -0.39 is 73.2 Å². The van der Waals surface area contributed by atoms with Gasteiger partial charge in [-0.1, -0.05) is 42.2 Å². The molecule has 4 heterocycles. The number of piperidine rings is 1. The fourth-order valence-electron chi connectivity index (χ4n) is 11.0. The van der Waals surface area contributed by atoms with Gasteiger partial charge in [-0.25, -0.2) is 8.78 Å². The molecule has 3 aliphatic heterocycles. The van der Waals surface area contributed by atoms with Gasteiger partial charge in [0.1, 0.15) is 31.4 Å². The van der Waals surface area contributed by atoms with Crippen molar-refractivity contribution in [1.82, 2.24) is 55.7 Å². The van der Waals surface area contributed by atoms with E-state index in [1.807, 2.05) is 33.8 Å². The molecule has 29 heteroatoms. The number of nitrogens with one attached hydrogen (secondary N) is 4. The summed E-state index contributed by atoms with van der Waals surface area (Å²) < 4.78 is 44.0. The van der Waals surface area contributed by atoms with Gasteiger partial charge in [0.2, 0.25) is 23.6 Å². The summed E-state index contributed by atoms with van der Waals surface area (Å²) in [5.41, 5.74) is 3.08. The second kappa shape index (κ2) is 40.1. The van der Waals surface area contributed by atoms with Crippen LogP contribution in [0, 0.1) is 25.2 Å². The molecule has 6 rings (SSSR count). The third kappa shape index (κ3) is 27.0. The Balaban J connectivity index is 0.919. The number of thioether (sulfide) groups is 2. The third-order valence-corrected chi connectivity index (χ3v) is 18.4.